The average Bonchev–Trinajstić information content (AvgIpc) is 2.29. The van der Waals surface area contributed by atoms with Crippen LogP contribution >= 0.6 is 0 Å². The molecule has 0 aliphatic rings. The first kappa shape index (κ1) is 12.7. The van der Waals surface area contributed by atoms with Gasteiger partial charge in [0, 0.05) is 19.3 Å². The summed E-state index contributed by atoms with van der Waals surface area (Å²) >= 11 is 0. The standard InChI is InChI=1S/C12H18N2O2/c1-3-6-14(7-8-15)12-5-4-11(9-13-12)10(2)16/h3-5,9-10,15-16H,1,6-8H2,2H3/t10-/m0/s1. The molecule has 0 bridgehead atoms. The Morgan fingerprint density at radius 2 is 2.31 bits per heavy atom. The van der Waals surface area contributed by atoms with E-state index >= 15 is 0 Å². The Balaban J connectivity index is 2.80. The summed E-state index contributed by atoms with van der Waals surface area (Å²) in [5.74, 6) is 0.776. The van der Waals surface area contributed by atoms with E-state index in [2.05, 4.69) is 11.6 Å². The molecule has 1 aromatic heterocycles. The van der Waals surface area contributed by atoms with Gasteiger partial charge in [-0.1, -0.05) is 12.1 Å². The first-order valence-corrected chi connectivity index (χ1v) is 5.29. The van der Waals surface area contributed by atoms with Gasteiger partial charge < -0.3 is 15.1 Å². The van der Waals surface area contributed by atoms with Gasteiger partial charge in [0.2, 0.25) is 0 Å². The van der Waals surface area contributed by atoms with Crippen molar-refractivity contribution in [3.05, 3.63) is 36.5 Å². The Hall–Kier alpha value is -1.39. The van der Waals surface area contributed by atoms with Crippen LogP contribution in [0.1, 0.15) is 18.6 Å². The summed E-state index contributed by atoms with van der Waals surface area (Å²) in [6.07, 6.45) is 2.90. The van der Waals surface area contributed by atoms with Gasteiger partial charge in [-0.2, -0.15) is 0 Å². The molecule has 0 spiro atoms. The lowest BCUT2D eigenvalue weighted by molar-refractivity contribution is 0.199. The molecule has 88 valence electrons. The van der Waals surface area contributed by atoms with E-state index in [0.29, 0.717) is 13.1 Å². The lowest BCUT2D eigenvalue weighted by atomic mass is 10.2. The molecule has 4 nitrogen and oxygen atoms in total. The second kappa shape index (κ2) is 6.25. The van der Waals surface area contributed by atoms with Gasteiger partial charge >= 0.3 is 0 Å². The summed E-state index contributed by atoms with van der Waals surface area (Å²) in [7, 11) is 0. The molecule has 0 radical (unpaired) electrons. The minimum absolute atomic E-state index is 0.0771. The second-order valence-electron chi connectivity index (χ2n) is 3.58. The number of anilines is 1. The molecule has 1 atom stereocenters. The van der Waals surface area contributed by atoms with Crippen molar-refractivity contribution < 1.29 is 10.2 Å². The van der Waals surface area contributed by atoms with Crippen molar-refractivity contribution in [1.29, 1.82) is 0 Å². The zero-order valence-corrected chi connectivity index (χ0v) is 9.50. The smallest absolute Gasteiger partial charge is 0.128 e. The Labute approximate surface area is 95.9 Å². The van der Waals surface area contributed by atoms with E-state index in [1.54, 1.807) is 19.2 Å². The van der Waals surface area contributed by atoms with E-state index in [1.165, 1.54) is 0 Å². The van der Waals surface area contributed by atoms with Crippen LogP contribution in [0.25, 0.3) is 0 Å². The van der Waals surface area contributed by atoms with E-state index in [-0.39, 0.29) is 6.61 Å². The van der Waals surface area contributed by atoms with Gasteiger partial charge in [-0.15, -0.1) is 6.58 Å². The molecule has 16 heavy (non-hydrogen) atoms. The molecular formula is C12H18N2O2. The number of pyridine rings is 1. The summed E-state index contributed by atoms with van der Waals surface area (Å²) in [4.78, 5) is 6.16. The first-order valence-electron chi connectivity index (χ1n) is 5.29. The zero-order valence-electron chi connectivity index (χ0n) is 9.50. The molecule has 0 aliphatic carbocycles. The van der Waals surface area contributed by atoms with Crippen LogP contribution in [0.2, 0.25) is 0 Å². The maximum atomic E-state index is 9.35. The Bertz CT molecular complexity index is 322. The quantitative estimate of drug-likeness (QED) is 0.708. The minimum Gasteiger partial charge on any atom is -0.395 e. The molecule has 2 N–H and O–H groups in total. The number of hydrogen-bond donors (Lipinski definition) is 2. The van der Waals surface area contributed by atoms with E-state index in [1.807, 2.05) is 17.0 Å². The number of rotatable bonds is 6. The fourth-order valence-corrected chi connectivity index (χ4v) is 1.41. The predicted molar refractivity (Wildman–Crippen MR) is 64.4 cm³/mol. The summed E-state index contributed by atoms with van der Waals surface area (Å²) in [5.41, 5.74) is 0.784. The normalized spacial score (nSPS) is 12.2. The molecule has 0 amide bonds. The number of hydrogen-bond acceptors (Lipinski definition) is 4. The van der Waals surface area contributed by atoms with Gasteiger partial charge in [-0.05, 0) is 18.6 Å². The van der Waals surface area contributed by atoms with E-state index in [4.69, 9.17) is 5.11 Å². The third kappa shape index (κ3) is 3.32. The average molecular weight is 222 g/mol. The van der Waals surface area contributed by atoms with Crippen LogP contribution in [0, 0.1) is 0 Å². The lowest BCUT2D eigenvalue weighted by Gasteiger charge is -2.21. The van der Waals surface area contributed by atoms with E-state index in [0.717, 1.165) is 11.4 Å². The predicted octanol–water partition coefficient (Wildman–Crippen LogP) is 1.12. The fourth-order valence-electron chi connectivity index (χ4n) is 1.41. The minimum atomic E-state index is -0.507. The van der Waals surface area contributed by atoms with Crippen LogP contribution in [-0.4, -0.2) is 34.9 Å². The molecule has 0 unspecified atom stereocenters. The monoisotopic (exact) mass is 222 g/mol. The number of nitrogens with zero attached hydrogens (tertiary/aromatic N) is 2. The van der Waals surface area contributed by atoms with E-state index < -0.39 is 6.10 Å². The van der Waals surface area contributed by atoms with Gasteiger partial charge in [0.1, 0.15) is 5.82 Å². The largest absolute Gasteiger partial charge is 0.395 e. The van der Waals surface area contributed by atoms with Crippen molar-refractivity contribution in [2.75, 3.05) is 24.6 Å². The Morgan fingerprint density at radius 3 is 2.75 bits per heavy atom. The highest BCUT2D eigenvalue weighted by Crippen LogP contribution is 2.15. The van der Waals surface area contributed by atoms with Crippen molar-refractivity contribution >= 4 is 5.82 Å². The molecule has 4 heteroatoms. The molecule has 0 saturated carbocycles. The van der Waals surface area contributed by atoms with Gasteiger partial charge in [-0.3, -0.25) is 0 Å². The Kier molecular flexibility index (Phi) is 4.95. The van der Waals surface area contributed by atoms with Crippen molar-refractivity contribution in [1.82, 2.24) is 4.98 Å². The highest BCUT2D eigenvalue weighted by Gasteiger charge is 2.06. The fraction of sp³-hybridized carbons (Fsp3) is 0.417. The number of aliphatic hydroxyl groups excluding tert-OH is 2. The van der Waals surface area contributed by atoms with Crippen LogP contribution in [0.5, 0.6) is 0 Å². The summed E-state index contributed by atoms with van der Waals surface area (Å²) in [6.45, 7) is 6.60. The molecule has 0 saturated heterocycles. The molecule has 0 aliphatic heterocycles. The third-order valence-electron chi connectivity index (χ3n) is 2.30. The zero-order chi connectivity index (χ0) is 12.0. The highest BCUT2D eigenvalue weighted by molar-refractivity contribution is 5.40. The summed E-state index contributed by atoms with van der Waals surface area (Å²) < 4.78 is 0. The van der Waals surface area contributed by atoms with Crippen LogP contribution in [-0.2, 0) is 0 Å². The lowest BCUT2D eigenvalue weighted by Crippen LogP contribution is -2.27. The molecule has 0 aromatic carbocycles. The highest BCUT2D eigenvalue weighted by atomic mass is 16.3. The SMILES string of the molecule is C=CCN(CCO)c1ccc([C@H](C)O)cn1. The molecule has 1 rings (SSSR count). The maximum absolute atomic E-state index is 9.35. The molecule has 0 fully saturated rings. The van der Waals surface area contributed by atoms with E-state index in [9.17, 15) is 5.11 Å². The van der Waals surface area contributed by atoms with Crippen molar-refractivity contribution in [2.45, 2.75) is 13.0 Å². The number of aromatic nitrogens is 1. The van der Waals surface area contributed by atoms with Crippen molar-refractivity contribution in [3.8, 4) is 0 Å². The van der Waals surface area contributed by atoms with Crippen molar-refractivity contribution in [3.63, 3.8) is 0 Å². The third-order valence-corrected chi connectivity index (χ3v) is 2.30. The topological polar surface area (TPSA) is 56.6 Å². The van der Waals surface area contributed by atoms with Crippen LogP contribution < -0.4 is 4.90 Å². The van der Waals surface area contributed by atoms with Crippen LogP contribution in [0.3, 0.4) is 0 Å². The van der Waals surface area contributed by atoms with Crippen LogP contribution in [0.15, 0.2) is 31.0 Å². The van der Waals surface area contributed by atoms with Crippen molar-refractivity contribution in [2.24, 2.45) is 0 Å². The van der Waals surface area contributed by atoms with Gasteiger partial charge in [0.05, 0.1) is 12.7 Å². The van der Waals surface area contributed by atoms with Gasteiger partial charge in [0.15, 0.2) is 0 Å². The van der Waals surface area contributed by atoms with Gasteiger partial charge in [-0.25, -0.2) is 4.98 Å². The molecular weight excluding hydrogens is 204 g/mol. The Morgan fingerprint density at radius 1 is 1.56 bits per heavy atom. The second-order valence-corrected chi connectivity index (χ2v) is 3.58. The first-order chi connectivity index (χ1) is 7.69. The maximum Gasteiger partial charge on any atom is 0.128 e. The summed E-state index contributed by atoms with van der Waals surface area (Å²) in [5, 5.41) is 18.3. The van der Waals surface area contributed by atoms with Crippen LogP contribution in [0.4, 0.5) is 5.82 Å². The molecule has 1 aromatic rings. The summed E-state index contributed by atoms with van der Waals surface area (Å²) in [6, 6.07) is 3.67. The molecule has 1 heterocycles. The number of aliphatic hydroxyl groups is 2. The van der Waals surface area contributed by atoms with Gasteiger partial charge in [0.25, 0.3) is 0 Å².